The van der Waals surface area contributed by atoms with Crippen LogP contribution in [-0.2, 0) is 16.8 Å². The van der Waals surface area contributed by atoms with Crippen molar-refractivity contribution in [2.45, 2.75) is 26.3 Å². The zero-order valence-electron chi connectivity index (χ0n) is 10.9. The molecule has 1 aromatic rings. The molecule has 1 rings (SSSR count). The van der Waals surface area contributed by atoms with E-state index in [1.165, 1.54) is 4.31 Å². The van der Waals surface area contributed by atoms with Gasteiger partial charge in [-0.05, 0) is 24.1 Å². The molecule has 0 atom stereocenters. The number of nitrogens with two attached hydrogens (primary N) is 1. The smallest absolute Gasteiger partial charge is 0.279 e. The topological polar surface area (TPSA) is 75.4 Å². The van der Waals surface area contributed by atoms with Gasteiger partial charge in [0, 0.05) is 25.8 Å². The molecule has 0 aliphatic carbocycles. The van der Waals surface area contributed by atoms with Crippen molar-refractivity contribution in [2.75, 3.05) is 19.3 Å². The lowest BCUT2D eigenvalue weighted by Gasteiger charge is -2.17. The van der Waals surface area contributed by atoms with E-state index in [9.17, 15) is 8.42 Å². The highest BCUT2D eigenvalue weighted by molar-refractivity contribution is 7.87. The lowest BCUT2D eigenvalue weighted by atomic mass is 10.2. The Labute approximate surface area is 109 Å². The molecule has 0 amide bonds. The van der Waals surface area contributed by atoms with Gasteiger partial charge in [0.05, 0.1) is 0 Å². The quantitative estimate of drug-likeness (QED) is 0.735. The van der Waals surface area contributed by atoms with E-state index in [4.69, 9.17) is 5.73 Å². The van der Waals surface area contributed by atoms with Crippen LogP contribution in [0, 0.1) is 0 Å². The normalized spacial score (nSPS) is 11.9. The van der Waals surface area contributed by atoms with Crippen LogP contribution in [-0.4, -0.2) is 26.3 Å². The SMILES string of the molecule is CCCCN(C)S(=O)(=O)NCc1cccc(N)c1. The van der Waals surface area contributed by atoms with E-state index >= 15 is 0 Å². The third-order valence-electron chi connectivity index (χ3n) is 2.65. The molecule has 0 heterocycles. The Bertz CT molecular complexity index is 474. The molecule has 0 radical (unpaired) electrons. The van der Waals surface area contributed by atoms with Crippen molar-refractivity contribution in [3.05, 3.63) is 29.8 Å². The Balaban J connectivity index is 2.56. The van der Waals surface area contributed by atoms with Crippen molar-refractivity contribution in [1.82, 2.24) is 9.03 Å². The molecule has 3 N–H and O–H groups in total. The highest BCUT2D eigenvalue weighted by atomic mass is 32.2. The van der Waals surface area contributed by atoms with Gasteiger partial charge in [-0.3, -0.25) is 0 Å². The Hall–Kier alpha value is -1.11. The van der Waals surface area contributed by atoms with Gasteiger partial charge in [0.15, 0.2) is 0 Å². The minimum Gasteiger partial charge on any atom is -0.399 e. The van der Waals surface area contributed by atoms with Gasteiger partial charge < -0.3 is 5.73 Å². The zero-order valence-corrected chi connectivity index (χ0v) is 11.7. The maximum atomic E-state index is 11.9. The molecule has 102 valence electrons. The van der Waals surface area contributed by atoms with Crippen LogP contribution in [0.25, 0.3) is 0 Å². The molecule has 1 aromatic carbocycles. The Morgan fingerprint density at radius 3 is 2.72 bits per heavy atom. The number of hydrogen-bond donors (Lipinski definition) is 2. The number of hydrogen-bond acceptors (Lipinski definition) is 3. The van der Waals surface area contributed by atoms with Gasteiger partial charge in [0.1, 0.15) is 0 Å². The number of rotatable bonds is 7. The van der Waals surface area contributed by atoms with Crippen LogP contribution >= 0.6 is 0 Å². The van der Waals surface area contributed by atoms with Crippen LogP contribution in [0.5, 0.6) is 0 Å². The van der Waals surface area contributed by atoms with Crippen molar-refractivity contribution in [2.24, 2.45) is 0 Å². The van der Waals surface area contributed by atoms with Crippen LogP contribution in [0.2, 0.25) is 0 Å². The highest BCUT2D eigenvalue weighted by Crippen LogP contribution is 2.07. The molecule has 0 unspecified atom stereocenters. The molecule has 0 bridgehead atoms. The summed E-state index contributed by atoms with van der Waals surface area (Å²) < 4.78 is 27.6. The minimum atomic E-state index is -3.40. The number of nitrogen functional groups attached to an aromatic ring is 1. The highest BCUT2D eigenvalue weighted by Gasteiger charge is 2.15. The second-order valence-corrected chi connectivity index (χ2v) is 6.11. The Morgan fingerprint density at radius 2 is 2.11 bits per heavy atom. The van der Waals surface area contributed by atoms with E-state index in [1.54, 1.807) is 25.2 Å². The summed E-state index contributed by atoms with van der Waals surface area (Å²) >= 11 is 0. The number of benzene rings is 1. The van der Waals surface area contributed by atoms with Gasteiger partial charge in [-0.2, -0.15) is 17.4 Å². The van der Waals surface area contributed by atoms with Gasteiger partial charge >= 0.3 is 0 Å². The van der Waals surface area contributed by atoms with E-state index in [1.807, 2.05) is 13.0 Å². The van der Waals surface area contributed by atoms with E-state index in [0.717, 1.165) is 18.4 Å². The van der Waals surface area contributed by atoms with E-state index in [0.29, 0.717) is 12.2 Å². The molecule has 0 aliphatic heterocycles. The molecule has 0 fully saturated rings. The number of unbranched alkanes of at least 4 members (excludes halogenated alkanes) is 1. The summed E-state index contributed by atoms with van der Waals surface area (Å²) in [4.78, 5) is 0. The van der Waals surface area contributed by atoms with Gasteiger partial charge in [0.2, 0.25) is 0 Å². The predicted molar refractivity (Wildman–Crippen MR) is 74.2 cm³/mol. The van der Waals surface area contributed by atoms with Crippen LogP contribution in [0.4, 0.5) is 5.69 Å². The number of nitrogens with one attached hydrogen (secondary N) is 1. The van der Waals surface area contributed by atoms with Crippen molar-refractivity contribution in [3.63, 3.8) is 0 Å². The molecule has 0 aliphatic rings. The summed E-state index contributed by atoms with van der Waals surface area (Å²) in [7, 11) is -1.82. The first kappa shape index (κ1) is 14.9. The molecule has 6 heteroatoms. The fourth-order valence-electron chi connectivity index (χ4n) is 1.49. The summed E-state index contributed by atoms with van der Waals surface area (Å²) in [5, 5.41) is 0. The average molecular weight is 271 g/mol. The largest absolute Gasteiger partial charge is 0.399 e. The molecular formula is C12H21N3O2S. The maximum absolute atomic E-state index is 11.9. The lowest BCUT2D eigenvalue weighted by molar-refractivity contribution is 0.448. The van der Waals surface area contributed by atoms with E-state index < -0.39 is 10.2 Å². The molecule has 18 heavy (non-hydrogen) atoms. The van der Waals surface area contributed by atoms with Crippen molar-refractivity contribution >= 4 is 15.9 Å². The Morgan fingerprint density at radius 1 is 1.39 bits per heavy atom. The van der Waals surface area contributed by atoms with E-state index in [-0.39, 0.29) is 6.54 Å². The fourth-order valence-corrected chi connectivity index (χ4v) is 2.43. The third-order valence-corrected chi connectivity index (χ3v) is 4.16. The van der Waals surface area contributed by atoms with Gasteiger partial charge in [-0.1, -0.05) is 25.5 Å². The molecule has 0 aromatic heterocycles. The summed E-state index contributed by atoms with van der Waals surface area (Å²) in [6, 6.07) is 7.17. The van der Waals surface area contributed by atoms with Crippen LogP contribution < -0.4 is 10.5 Å². The van der Waals surface area contributed by atoms with Crippen molar-refractivity contribution in [1.29, 1.82) is 0 Å². The first-order valence-corrected chi connectivity index (χ1v) is 7.45. The first-order chi connectivity index (χ1) is 8.45. The molecule has 0 spiro atoms. The maximum Gasteiger partial charge on any atom is 0.279 e. The predicted octanol–water partition coefficient (Wildman–Crippen LogP) is 1.34. The standard InChI is InChI=1S/C12H21N3O2S/c1-3-4-8-15(2)18(16,17)14-10-11-6-5-7-12(13)9-11/h5-7,9,14H,3-4,8,10,13H2,1-2H3. The summed E-state index contributed by atoms with van der Waals surface area (Å²) in [6.07, 6.45) is 1.82. The average Bonchev–Trinajstić information content (AvgIpc) is 2.33. The number of nitrogens with zero attached hydrogens (tertiary/aromatic N) is 1. The van der Waals surface area contributed by atoms with Crippen LogP contribution in [0.1, 0.15) is 25.3 Å². The van der Waals surface area contributed by atoms with Gasteiger partial charge in [-0.25, -0.2) is 0 Å². The minimum absolute atomic E-state index is 0.254. The number of anilines is 1. The van der Waals surface area contributed by atoms with Gasteiger partial charge in [-0.15, -0.1) is 0 Å². The molecular weight excluding hydrogens is 250 g/mol. The lowest BCUT2D eigenvalue weighted by Crippen LogP contribution is -2.38. The monoisotopic (exact) mass is 271 g/mol. The first-order valence-electron chi connectivity index (χ1n) is 6.01. The molecule has 0 saturated carbocycles. The van der Waals surface area contributed by atoms with Crippen molar-refractivity contribution in [3.8, 4) is 0 Å². The van der Waals surface area contributed by atoms with Crippen molar-refractivity contribution < 1.29 is 8.42 Å². The van der Waals surface area contributed by atoms with E-state index in [2.05, 4.69) is 4.72 Å². The summed E-state index contributed by atoms with van der Waals surface area (Å²) in [5.41, 5.74) is 7.12. The Kier molecular flexibility index (Phi) is 5.58. The molecule has 5 nitrogen and oxygen atoms in total. The third kappa shape index (κ3) is 4.64. The zero-order chi connectivity index (χ0) is 13.6. The van der Waals surface area contributed by atoms with Crippen LogP contribution in [0.3, 0.4) is 0 Å². The summed E-state index contributed by atoms with van der Waals surface area (Å²) in [5.74, 6) is 0. The summed E-state index contributed by atoms with van der Waals surface area (Å²) in [6.45, 7) is 2.81. The van der Waals surface area contributed by atoms with Gasteiger partial charge in [0.25, 0.3) is 10.2 Å². The van der Waals surface area contributed by atoms with Crippen LogP contribution in [0.15, 0.2) is 24.3 Å². The second kappa shape index (κ2) is 6.72. The fraction of sp³-hybridized carbons (Fsp3) is 0.500. The second-order valence-electron chi connectivity index (χ2n) is 4.25. The molecule has 0 saturated heterocycles.